The second kappa shape index (κ2) is 5.21. The summed E-state index contributed by atoms with van der Waals surface area (Å²) in [4.78, 5) is 12.3. The van der Waals surface area contributed by atoms with Gasteiger partial charge in [-0.2, -0.15) is 0 Å². The number of ketones is 1. The number of ether oxygens (including phenoxy) is 2. The summed E-state index contributed by atoms with van der Waals surface area (Å²) >= 11 is 0. The Labute approximate surface area is 112 Å². The molecule has 0 spiro atoms. The summed E-state index contributed by atoms with van der Waals surface area (Å²) < 4.78 is 33.1. The number of Topliss-reactive ketones (excluding diaryl/α,β-unsaturated/α-hetero) is 1. The first-order valence-corrected chi connectivity index (χ1v) is 7.75. The molecular formula is C13H16O5S. The molecule has 1 aliphatic rings. The van der Waals surface area contributed by atoms with Crippen molar-refractivity contribution in [1.82, 2.24) is 0 Å². The second-order valence-electron chi connectivity index (χ2n) is 4.53. The highest BCUT2D eigenvalue weighted by Crippen LogP contribution is 2.30. The van der Waals surface area contributed by atoms with Gasteiger partial charge in [0.05, 0.1) is 31.3 Å². The fourth-order valence-electron chi connectivity index (χ4n) is 2.22. The predicted molar refractivity (Wildman–Crippen MR) is 70.6 cm³/mol. The van der Waals surface area contributed by atoms with Crippen LogP contribution in [-0.2, 0) is 9.84 Å². The molecule has 104 valence electrons. The first-order chi connectivity index (χ1) is 8.96. The van der Waals surface area contributed by atoms with Crippen LogP contribution in [0, 0.1) is 5.92 Å². The molecule has 1 aliphatic heterocycles. The van der Waals surface area contributed by atoms with Crippen LogP contribution in [0.5, 0.6) is 11.5 Å². The minimum Gasteiger partial charge on any atom is -0.497 e. The highest BCUT2D eigenvalue weighted by atomic mass is 32.2. The Kier molecular flexibility index (Phi) is 3.80. The van der Waals surface area contributed by atoms with Gasteiger partial charge in [-0.15, -0.1) is 0 Å². The van der Waals surface area contributed by atoms with Crippen molar-refractivity contribution in [2.75, 3.05) is 25.7 Å². The smallest absolute Gasteiger partial charge is 0.170 e. The molecule has 0 saturated carbocycles. The molecule has 0 aromatic heterocycles. The fourth-order valence-corrected chi connectivity index (χ4v) is 3.97. The Hall–Kier alpha value is -1.56. The van der Waals surface area contributed by atoms with Gasteiger partial charge >= 0.3 is 0 Å². The van der Waals surface area contributed by atoms with Crippen molar-refractivity contribution >= 4 is 15.6 Å². The van der Waals surface area contributed by atoms with Crippen molar-refractivity contribution in [2.24, 2.45) is 5.92 Å². The van der Waals surface area contributed by atoms with Crippen molar-refractivity contribution < 1.29 is 22.7 Å². The average molecular weight is 284 g/mol. The normalized spacial score (nSPS) is 21.1. The van der Waals surface area contributed by atoms with Crippen LogP contribution in [0.4, 0.5) is 0 Å². The Morgan fingerprint density at radius 3 is 2.53 bits per heavy atom. The van der Waals surface area contributed by atoms with E-state index in [0.29, 0.717) is 23.5 Å². The Morgan fingerprint density at radius 2 is 2.00 bits per heavy atom. The third-order valence-corrected chi connectivity index (χ3v) is 5.05. The van der Waals surface area contributed by atoms with Crippen molar-refractivity contribution in [2.45, 2.75) is 6.42 Å². The molecule has 5 nitrogen and oxygen atoms in total. The van der Waals surface area contributed by atoms with E-state index in [9.17, 15) is 13.2 Å². The number of hydrogen-bond acceptors (Lipinski definition) is 5. The lowest BCUT2D eigenvalue weighted by Gasteiger charge is -2.12. The molecule has 0 radical (unpaired) electrons. The number of rotatable bonds is 4. The molecule has 6 heteroatoms. The Balaban J connectivity index is 2.29. The molecule has 0 aliphatic carbocycles. The average Bonchev–Trinajstić information content (AvgIpc) is 2.77. The molecule has 19 heavy (non-hydrogen) atoms. The first-order valence-electron chi connectivity index (χ1n) is 5.93. The van der Waals surface area contributed by atoms with E-state index in [0.717, 1.165) is 0 Å². The van der Waals surface area contributed by atoms with Gasteiger partial charge in [0.1, 0.15) is 11.5 Å². The van der Waals surface area contributed by atoms with Gasteiger partial charge < -0.3 is 9.47 Å². The molecule has 1 unspecified atom stereocenters. The standard InChI is InChI=1S/C13H16O5S/c1-17-10-3-4-11(12(7-10)18-2)13(14)9-5-6-19(15,16)8-9/h3-4,7,9H,5-6,8H2,1-2H3. The third kappa shape index (κ3) is 2.89. The zero-order valence-electron chi connectivity index (χ0n) is 10.9. The molecule has 1 heterocycles. The molecule has 1 saturated heterocycles. The fraction of sp³-hybridized carbons (Fsp3) is 0.462. The van der Waals surface area contributed by atoms with Gasteiger partial charge in [0.15, 0.2) is 15.6 Å². The minimum absolute atomic E-state index is 0.0684. The van der Waals surface area contributed by atoms with Crippen molar-refractivity contribution in [3.63, 3.8) is 0 Å². The number of carbonyl (C=O) groups is 1. The van der Waals surface area contributed by atoms with Crippen LogP contribution in [0.25, 0.3) is 0 Å². The summed E-state index contributed by atoms with van der Waals surface area (Å²) in [5.74, 6) is 0.372. The SMILES string of the molecule is COc1ccc(C(=O)C2CCS(=O)(=O)C2)c(OC)c1. The molecule has 0 N–H and O–H groups in total. The molecule has 0 bridgehead atoms. The topological polar surface area (TPSA) is 69.7 Å². The summed E-state index contributed by atoms with van der Waals surface area (Å²) in [6, 6.07) is 4.90. The molecular weight excluding hydrogens is 268 g/mol. The van der Waals surface area contributed by atoms with Gasteiger partial charge in [0.2, 0.25) is 0 Å². The van der Waals surface area contributed by atoms with Crippen LogP contribution in [0.1, 0.15) is 16.8 Å². The summed E-state index contributed by atoms with van der Waals surface area (Å²) in [5, 5.41) is 0. The zero-order valence-corrected chi connectivity index (χ0v) is 11.7. The van der Waals surface area contributed by atoms with Gasteiger partial charge in [-0.05, 0) is 18.6 Å². The molecule has 1 fully saturated rings. The third-order valence-electron chi connectivity index (χ3n) is 3.28. The van der Waals surface area contributed by atoms with E-state index in [-0.39, 0.29) is 17.3 Å². The number of carbonyl (C=O) groups excluding carboxylic acids is 1. The number of benzene rings is 1. The van der Waals surface area contributed by atoms with Gasteiger partial charge in [0.25, 0.3) is 0 Å². The molecule has 1 aromatic carbocycles. The zero-order chi connectivity index (χ0) is 14.0. The highest BCUT2D eigenvalue weighted by Gasteiger charge is 2.34. The maximum Gasteiger partial charge on any atom is 0.170 e. The van der Waals surface area contributed by atoms with E-state index in [2.05, 4.69) is 0 Å². The lowest BCUT2D eigenvalue weighted by atomic mass is 9.96. The second-order valence-corrected chi connectivity index (χ2v) is 6.76. The lowest BCUT2D eigenvalue weighted by molar-refractivity contribution is 0.0930. The lowest BCUT2D eigenvalue weighted by Crippen LogP contribution is -2.17. The monoisotopic (exact) mass is 284 g/mol. The van der Waals surface area contributed by atoms with E-state index >= 15 is 0 Å². The maximum absolute atomic E-state index is 12.3. The van der Waals surface area contributed by atoms with E-state index < -0.39 is 15.8 Å². The molecule has 2 rings (SSSR count). The van der Waals surface area contributed by atoms with E-state index in [1.165, 1.54) is 14.2 Å². The van der Waals surface area contributed by atoms with Gasteiger partial charge in [-0.3, -0.25) is 4.79 Å². The summed E-state index contributed by atoms with van der Waals surface area (Å²) in [6.45, 7) is 0. The van der Waals surface area contributed by atoms with Crippen LogP contribution < -0.4 is 9.47 Å². The quantitative estimate of drug-likeness (QED) is 0.780. The van der Waals surface area contributed by atoms with Crippen LogP contribution in [0.15, 0.2) is 18.2 Å². The van der Waals surface area contributed by atoms with E-state index in [1.807, 2.05) is 0 Å². The van der Waals surface area contributed by atoms with Crippen molar-refractivity contribution in [1.29, 1.82) is 0 Å². The number of sulfone groups is 1. The van der Waals surface area contributed by atoms with E-state index in [4.69, 9.17) is 9.47 Å². The summed E-state index contributed by atoms with van der Waals surface area (Å²) in [5.41, 5.74) is 0.408. The number of methoxy groups -OCH3 is 2. The molecule has 1 atom stereocenters. The van der Waals surface area contributed by atoms with Gasteiger partial charge in [-0.1, -0.05) is 0 Å². The summed E-state index contributed by atoms with van der Waals surface area (Å²) in [6.07, 6.45) is 0.385. The van der Waals surface area contributed by atoms with Gasteiger partial charge in [0, 0.05) is 12.0 Å². The largest absolute Gasteiger partial charge is 0.497 e. The number of hydrogen-bond donors (Lipinski definition) is 0. The predicted octanol–water partition coefficient (Wildman–Crippen LogP) is 1.32. The van der Waals surface area contributed by atoms with Crippen LogP contribution >= 0.6 is 0 Å². The van der Waals surface area contributed by atoms with Gasteiger partial charge in [-0.25, -0.2) is 8.42 Å². The molecule has 0 amide bonds. The summed E-state index contributed by atoms with van der Waals surface area (Å²) in [7, 11) is -0.0704. The minimum atomic E-state index is -3.07. The maximum atomic E-state index is 12.3. The Bertz CT molecular complexity index is 591. The van der Waals surface area contributed by atoms with Crippen LogP contribution in [0.2, 0.25) is 0 Å². The Morgan fingerprint density at radius 1 is 1.26 bits per heavy atom. The van der Waals surface area contributed by atoms with Crippen LogP contribution in [0.3, 0.4) is 0 Å². The van der Waals surface area contributed by atoms with Crippen molar-refractivity contribution in [3.05, 3.63) is 23.8 Å². The highest BCUT2D eigenvalue weighted by molar-refractivity contribution is 7.91. The van der Waals surface area contributed by atoms with Crippen molar-refractivity contribution in [3.8, 4) is 11.5 Å². The van der Waals surface area contributed by atoms with E-state index in [1.54, 1.807) is 18.2 Å². The first kappa shape index (κ1) is 13.9. The van der Waals surface area contributed by atoms with Crippen LogP contribution in [-0.4, -0.2) is 39.9 Å². The molecule has 1 aromatic rings.